The Labute approximate surface area is 183 Å². The fourth-order valence-corrected chi connectivity index (χ4v) is 3.55. The summed E-state index contributed by atoms with van der Waals surface area (Å²) in [6, 6.07) is 12.2. The van der Waals surface area contributed by atoms with Gasteiger partial charge in [0.2, 0.25) is 5.65 Å². The van der Waals surface area contributed by atoms with Crippen molar-refractivity contribution in [3.05, 3.63) is 76.5 Å². The van der Waals surface area contributed by atoms with E-state index in [2.05, 4.69) is 20.6 Å². The fourth-order valence-electron chi connectivity index (χ4n) is 3.55. The number of urea groups is 1. The molecule has 0 saturated carbocycles. The van der Waals surface area contributed by atoms with Crippen molar-refractivity contribution >= 4 is 53.6 Å². The molecule has 2 aromatic heterocycles. The van der Waals surface area contributed by atoms with Crippen LogP contribution in [0.1, 0.15) is 11.3 Å². The molecule has 0 atom stereocenters. The van der Waals surface area contributed by atoms with E-state index in [-0.39, 0.29) is 36.4 Å². The number of amides is 2. The molecule has 0 saturated heterocycles. The van der Waals surface area contributed by atoms with Crippen LogP contribution in [-0.2, 0) is 6.42 Å². The van der Waals surface area contributed by atoms with Crippen molar-refractivity contribution in [2.75, 3.05) is 16.4 Å². The normalized spacial score (nSPS) is 11.1. The minimum absolute atomic E-state index is 0. The smallest absolute Gasteiger partial charge is 0.323 e. The highest BCUT2D eigenvalue weighted by atomic mass is 35.5. The second-order valence-corrected chi connectivity index (χ2v) is 6.65. The molecule has 0 spiro atoms. The highest BCUT2D eigenvalue weighted by Crippen LogP contribution is 2.35. The lowest BCUT2D eigenvalue weighted by Gasteiger charge is -2.09. The molecule has 154 valence electrons. The van der Waals surface area contributed by atoms with Crippen LogP contribution in [0.2, 0.25) is 0 Å². The quantitative estimate of drug-likeness (QED) is 0.310. The zero-order valence-electron chi connectivity index (χ0n) is 15.5. The molecule has 10 heteroatoms. The highest BCUT2D eigenvalue weighted by Gasteiger charge is 2.23. The lowest BCUT2D eigenvalue weighted by Crippen LogP contribution is -2.19. The third kappa shape index (κ3) is 3.58. The van der Waals surface area contributed by atoms with E-state index < -0.39 is 0 Å². The van der Waals surface area contributed by atoms with Gasteiger partial charge < -0.3 is 21.4 Å². The van der Waals surface area contributed by atoms with Gasteiger partial charge in [-0.25, -0.2) is 9.78 Å². The molecule has 0 bridgehead atoms. The maximum Gasteiger partial charge on any atom is 0.323 e. The van der Waals surface area contributed by atoms with Gasteiger partial charge in [0.25, 0.3) is 5.56 Å². The number of aromatic nitrogens is 3. The number of aromatic amines is 1. The number of H-pyrrole nitrogens is 1. The Bertz CT molecular complexity index is 1300. The first-order chi connectivity index (χ1) is 13.6. The summed E-state index contributed by atoms with van der Waals surface area (Å²) in [6.07, 6.45) is 4.04. The van der Waals surface area contributed by atoms with Gasteiger partial charge in [0, 0.05) is 41.4 Å². The minimum atomic E-state index is -0.342. The summed E-state index contributed by atoms with van der Waals surface area (Å²) in [7, 11) is 0. The predicted molar refractivity (Wildman–Crippen MR) is 122 cm³/mol. The summed E-state index contributed by atoms with van der Waals surface area (Å²) in [6.45, 7) is 0. The number of benzene rings is 2. The van der Waals surface area contributed by atoms with Crippen molar-refractivity contribution in [3.63, 3.8) is 0 Å². The van der Waals surface area contributed by atoms with Gasteiger partial charge in [-0.05, 0) is 42.0 Å². The van der Waals surface area contributed by atoms with E-state index in [1.54, 1.807) is 36.7 Å². The Hall–Kier alpha value is -3.49. The number of carbonyl (C=O) groups excluding carboxylic acids is 1. The molecule has 2 amide bonds. The van der Waals surface area contributed by atoms with E-state index in [1.807, 2.05) is 22.6 Å². The lowest BCUT2D eigenvalue weighted by molar-refractivity contribution is 0.262. The Morgan fingerprint density at radius 2 is 1.77 bits per heavy atom. The van der Waals surface area contributed by atoms with Crippen molar-refractivity contribution in [2.45, 2.75) is 6.42 Å². The van der Waals surface area contributed by atoms with Crippen LogP contribution in [0.5, 0.6) is 0 Å². The van der Waals surface area contributed by atoms with Crippen LogP contribution in [0.4, 0.5) is 21.9 Å². The fraction of sp³-hybridized carbons (Fsp3) is 0.0500. The number of nitrogens with one attached hydrogen (secondary N) is 3. The van der Waals surface area contributed by atoms with Gasteiger partial charge in [0.1, 0.15) is 0 Å². The summed E-state index contributed by atoms with van der Waals surface area (Å²) in [5, 5.41) is 5.60. The van der Waals surface area contributed by atoms with Crippen molar-refractivity contribution in [1.82, 2.24) is 14.4 Å². The van der Waals surface area contributed by atoms with Gasteiger partial charge in [-0.15, -0.1) is 24.8 Å². The van der Waals surface area contributed by atoms with Crippen LogP contribution in [0.15, 0.2) is 59.7 Å². The number of nitrogen functional groups attached to an aromatic ring is 1. The predicted octanol–water partition coefficient (Wildman–Crippen LogP) is 3.66. The van der Waals surface area contributed by atoms with Crippen molar-refractivity contribution in [3.8, 4) is 11.3 Å². The Balaban J connectivity index is 0.00000128. The first kappa shape index (κ1) is 21.2. The molecule has 0 unspecified atom stereocenters. The first-order valence-corrected chi connectivity index (χ1v) is 8.73. The molecule has 5 rings (SSSR count). The number of nitrogens with zero attached hydrogens (tertiary/aromatic N) is 2. The number of rotatable bonds is 2. The molecule has 1 aliphatic rings. The zero-order valence-corrected chi connectivity index (χ0v) is 17.1. The average Bonchev–Trinajstić information content (AvgIpc) is 3.29. The standard InChI is InChI=1S/C20H16N6O2.2ClH/c21-12-1-3-13(4-2-12)23-20(28)24-14-5-6-15-11(9-14)10-16-17(15)25-19(27)18-22-7-8-26(16)18;;/h1-9H,10,21H2,(H,25,27)(H2,23,24,28);2*1H. The molecule has 30 heavy (non-hydrogen) atoms. The maximum absolute atomic E-state index is 12.3. The summed E-state index contributed by atoms with van der Waals surface area (Å²) in [4.78, 5) is 31.5. The van der Waals surface area contributed by atoms with Crippen LogP contribution in [0, 0.1) is 0 Å². The molecular weight excluding hydrogens is 427 g/mol. The third-order valence-electron chi connectivity index (χ3n) is 4.82. The number of nitrogens with two attached hydrogens (primary N) is 1. The SMILES string of the molecule is Cl.Cl.Nc1ccc(NC(=O)Nc2ccc3c(c2)Cc2c-3[nH]c(=O)c3nccn23)cc1. The van der Waals surface area contributed by atoms with E-state index in [1.165, 1.54) is 0 Å². The third-order valence-corrected chi connectivity index (χ3v) is 4.82. The van der Waals surface area contributed by atoms with Gasteiger partial charge in [-0.1, -0.05) is 6.07 Å². The molecular formula is C20H18Cl2N6O2. The highest BCUT2D eigenvalue weighted by molar-refractivity contribution is 6.00. The van der Waals surface area contributed by atoms with Crippen LogP contribution in [0.25, 0.3) is 16.9 Å². The molecule has 1 aliphatic carbocycles. The molecule has 8 nitrogen and oxygen atoms in total. The number of halogens is 2. The van der Waals surface area contributed by atoms with Crippen molar-refractivity contribution in [1.29, 1.82) is 0 Å². The van der Waals surface area contributed by atoms with E-state index >= 15 is 0 Å². The first-order valence-electron chi connectivity index (χ1n) is 8.73. The van der Waals surface area contributed by atoms with E-state index in [0.29, 0.717) is 29.1 Å². The van der Waals surface area contributed by atoms with Crippen LogP contribution < -0.4 is 21.9 Å². The number of anilines is 3. The number of fused-ring (bicyclic) bond motifs is 5. The Morgan fingerprint density at radius 3 is 2.53 bits per heavy atom. The van der Waals surface area contributed by atoms with E-state index in [4.69, 9.17) is 5.73 Å². The number of hydrogen-bond donors (Lipinski definition) is 4. The molecule has 0 fully saturated rings. The topological polar surface area (TPSA) is 117 Å². The molecule has 0 aliphatic heterocycles. The van der Waals surface area contributed by atoms with Crippen LogP contribution in [-0.4, -0.2) is 20.4 Å². The average molecular weight is 445 g/mol. The monoisotopic (exact) mass is 444 g/mol. The van der Waals surface area contributed by atoms with E-state index in [9.17, 15) is 9.59 Å². The zero-order chi connectivity index (χ0) is 19.3. The van der Waals surface area contributed by atoms with Gasteiger partial charge in [0.05, 0.1) is 11.4 Å². The van der Waals surface area contributed by atoms with Crippen LogP contribution in [0.3, 0.4) is 0 Å². The summed E-state index contributed by atoms with van der Waals surface area (Å²) in [5.74, 6) is 0. The number of carbonyl (C=O) groups is 1. The lowest BCUT2D eigenvalue weighted by atomic mass is 10.1. The number of hydrogen-bond acceptors (Lipinski definition) is 4. The minimum Gasteiger partial charge on any atom is -0.399 e. The van der Waals surface area contributed by atoms with E-state index in [0.717, 1.165) is 22.5 Å². The molecule has 0 radical (unpaired) electrons. The maximum atomic E-state index is 12.3. The molecule has 5 N–H and O–H groups in total. The molecule has 2 heterocycles. The summed E-state index contributed by atoms with van der Waals surface area (Å²) < 4.78 is 1.81. The van der Waals surface area contributed by atoms with Crippen molar-refractivity contribution < 1.29 is 4.79 Å². The summed E-state index contributed by atoms with van der Waals surface area (Å²) in [5.41, 5.74) is 11.5. The number of imidazole rings is 1. The second-order valence-electron chi connectivity index (χ2n) is 6.65. The second kappa shape index (κ2) is 8.10. The molecule has 4 aromatic rings. The van der Waals surface area contributed by atoms with Gasteiger partial charge in [-0.2, -0.15) is 0 Å². The van der Waals surface area contributed by atoms with Crippen LogP contribution >= 0.6 is 24.8 Å². The summed E-state index contributed by atoms with van der Waals surface area (Å²) >= 11 is 0. The molecule has 2 aromatic carbocycles. The van der Waals surface area contributed by atoms with Gasteiger partial charge >= 0.3 is 6.03 Å². The van der Waals surface area contributed by atoms with Gasteiger partial charge in [-0.3, -0.25) is 9.20 Å². The largest absolute Gasteiger partial charge is 0.399 e. The van der Waals surface area contributed by atoms with Crippen molar-refractivity contribution in [2.24, 2.45) is 0 Å². The Kier molecular flexibility index (Phi) is 5.73. The Morgan fingerprint density at radius 1 is 1.07 bits per heavy atom. The van der Waals surface area contributed by atoms with Gasteiger partial charge in [0.15, 0.2) is 0 Å².